The zero-order valence-electron chi connectivity index (χ0n) is 10.6. The van der Waals surface area contributed by atoms with Crippen molar-refractivity contribution in [2.45, 2.75) is 26.2 Å². The van der Waals surface area contributed by atoms with Crippen molar-refractivity contribution in [1.82, 2.24) is 0 Å². The van der Waals surface area contributed by atoms with E-state index in [9.17, 15) is 9.59 Å². The summed E-state index contributed by atoms with van der Waals surface area (Å²) < 4.78 is 0. The van der Waals surface area contributed by atoms with Crippen LogP contribution in [0.5, 0.6) is 0 Å². The zero-order valence-corrected chi connectivity index (χ0v) is 10.6. The van der Waals surface area contributed by atoms with E-state index in [4.69, 9.17) is 15.5 Å². The smallest absolute Gasteiger partial charge is 0.327 e. The molecule has 0 atom stereocenters. The summed E-state index contributed by atoms with van der Waals surface area (Å²) in [7, 11) is 0. The van der Waals surface area contributed by atoms with E-state index >= 15 is 0 Å². The van der Waals surface area contributed by atoms with Crippen molar-refractivity contribution in [2.24, 2.45) is 0 Å². The number of carbonyl (C=O) groups is 2. The molecule has 0 rings (SSSR count). The summed E-state index contributed by atoms with van der Waals surface area (Å²) in [6.07, 6.45) is 4.76. The van der Waals surface area contributed by atoms with E-state index < -0.39 is 11.9 Å². The summed E-state index contributed by atoms with van der Waals surface area (Å²) in [4.78, 5) is 18.5. The van der Waals surface area contributed by atoms with Gasteiger partial charge in [-0.2, -0.15) is 5.26 Å². The first-order valence-corrected chi connectivity index (χ1v) is 5.14. The number of hydrogen-bond donors (Lipinski definition) is 2. The Balaban J connectivity index is -0.000000197. The average molecular weight is 253 g/mol. The van der Waals surface area contributed by atoms with E-state index in [1.807, 2.05) is 6.07 Å². The summed E-state index contributed by atoms with van der Waals surface area (Å²) in [5, 5.41) is 23.4. The van der Waals surface area contributed by atoms with Crippen LogP contribution < -0.4 is 0 Å². The van der Waals surface area contributed by atoms with Gasteiger partial charge in [-0.25, -0.2) is 9.59 Å². The van der Waals surface area contributed by atoms with Crippen LogP contribution >= 0.6 is 0 Å². The third kappa shape index (κ3) is 37.3. The topological polar surface area (TPSA) is 98.4 Å². The number of allylic oxidation sites excluding steroid dienone is 1. The maximum Gasteiger partial charge on any atom is 0.327 e. The summed E-state index contributed by atoms with van der Waals surface area (Å²) >= 11 is 0. The Morgan fingerprint density at radius 2 is 1.56 bits per heavy atom. The number of carboxylic acid groups (broad SMARTS) is 2. The molecule has 0 aromatic rings. The predicted molar refractivity (Wildman–Crippen MR) is 69.9 cm³/mol. The maximum absolute atomic E-state index is 9.25. The molecule has 100 valence electrons. The van der Waals surface area contributed by atoms with Crippen LogP contribution in [0.4, 0.5) is 0 Å². The molecule has 0 saturated heterocycles. The quantitative estimate of drug-likeness (QED) is 0.579. The first kappa shape index (κ1) is 21.0. The number of aliphatic carboxylic acids is 2. The lowest BCUT2D eigenvalue weighted by atomic mass is 10.1. The van der Waals surface area contributed by atoms with Crippen LogP contribution in [-0.4, -0.2) is 22.2 Å². The van der Waals surface area contributed by atoms with Crippen LogP contribution in [-0.2, 0) is 9.59 Å². The van der Waals surface area contributed by atoms with Gasteiger partial charge in [-0.3, -0.25) is 0 Å². The third-order valence-electron chi connectivity index (χ3n) is 1.34. The number of hydrogen-bond acceptors (Lipinski definition) is 3. The summed E-state index contributed by atoms with van der Waals surface area (Å²) in [6.45, 7) is 11.6. The number of unbranched alkanes of at least 4 members (excludes halogenated alkanes) is 1. The molecular weight excluding hydrogens is 234 g/mol. The molecule has 0 unspecified atom stereocenters. The van der Waals surface area contributed by atoms with Gasteiger partial charge < -0.3 is 10.2 Å². The molecule has 0 heterocycles. The highest BCUT2D eigenvalue weighted by Crippen LogP contribution is 2.01. The highest BCUT2D eigenvalue weighted by Gasteiger charge is 1.87. The normalized spacial score (nSPS) is 7.11. The number of nitriles is 1. The fourth-order valence-electron chi connectivity index (χ4n) is 0.446. The van der Waals surface area contributed by atoms with Crippen molar-refractivity contribution in [3.63, 3.8) is 0 Å². The number of rotatable bonds is 5. The highest BCUT2D eigenvalue weighted by molar-refractivity contribution is 5.79. The standard InChI is InChI=1S/C7H11N.2C3H4O2/c1-3-4-5-7(2)6-8;2*1-2-3(4)5/h2-5H2,1H3;2*2H,1H2,(H,4,5). The Hall–Kier alpha value is -2.35. The van der Waals surface area contributed by atoms with Crippen molar-refractivity contribution < 1.29 is 19.8 Å². The molecule has 0 saturated carbocycles. The molecule has 0 amide bonds. The van der Waals surface area contributed by atoms with Crippen molar-refractivity contribution in [1.29, 1.82) is 5.26 Å². The van der Waals surface area contributed by atoms with Crippen LogP contribution in [0.15, 0.2) is 37.5 Å². The van der Waals surface area contributed by atoms with Crippen molar-refractivity contribution in [3.05, 3.63) is 37.5 Å². The van der Waals surface area contributed by atoms with Gasteiger partial charge in [-0.05, 0) is 12.8 Å². The predicted octanol–water partition coefficient (Wildman–Crippen LogP) is 2.77. The lowest BCUT2D eigenvalue weighted by molar-refractivity contribution is -0.132. The Bertz CT molecular complexity index is 308. The second-order valence-electron chi connectivity index (χ2n) is 2.90. The van der Waals surface area contributed by atoms with Gasteiger partial charge in [0, 0.05) is 17.7 Å². The highest BCUT2D eigenvalue weighted by atomic mass is 16.4. The molecule has 0 aliphatic heterocycles. The molecule has 0 aromatic carbocycles. The van der Waals surface area contributed by atoms with Crippen LogP contribution in [0, 0.1) is 11.3 Å². The first-order chi connectivity index (χ1) is 8.35. The Kier molecular flexibility index (Phi) is 19.9. The largest absolute Gasteiger partial charge is 0.478 e. The van der Waals surface area contributed by atoms with Gasteiger partial charge >= 0.3 is 11.9 Å². The van der Waals surface area contributed by atoms with E-state index in [1.165, 1.54) is 0 Å². The zero-order chi connectivity index (χ0) is 15.0. The fourth-order valence-corrected chi connectivity index (χ4v) is 0.446. The van der Waals surface area contributed by atoms with Gasteiger partial charge in [0.05, 0.1) is 6.07 Å². The van der Waals surface area contributed by atoms with Crippen molar-refractivity contribution in [3.8, 4) is 6.07 Å². The molecule has 0 radical (unpaired) electrons. The van der Waals surface area contributed by atoms with Crippen molar-refractivity contribution in [2.75, 3.05) is 0 Å². The Morgan fingerprint density at radius 1 is 1.22 bits per heavy atom. The molecule has 0 aromatic heterocycles. The minimum absolute atomic E-state index is 0.701. The lowest BCUT2D eigenvalue weighted by Crippen LogP contribution is -1.82. The molecule has 0 fully saturated rings. The van der Waals surface area contributed by atoms with E-state index in [1.54, 1.807) is 0 Å². The second-order valence-corrected chi connectivity index (χ2v) is 2.90. The second kappa shape index (κ2) is 17.1. The molecule has 0 aliphatic rings. The monoisotopic (exact) mass is 253 g/mol. The van der Waals surface area contributed by atoms with E-state index in [2.05, 4.69) is 26.7 Å². The van der Waals surface area contributed by atoms with Crippen LogP contribution in [0.25, 0.3) is 0 Å². The minimum atomic E-state index is -0.981. The number of nitrogens with zero attached hydrogens (tertiary/aromatic N) is 1. The molecule has 18 heavy (non-hydrogen) atoms. The maximum atomic E-state index is 9.25. The molecule has 5 heteroatoms. The van der Waals surface area contributed by atoms with E-state index in [-0.39, 0.29) is 0 Å². The van der Waals surface area contributed by atoms with Gasteiger partial charge in [0.25, 0.3) is 0 Å². The molecular formula is C13H19NO4. The van der Waals surface area contributed by atoms with Gasteiger partial charge in [-0.1, -0.05) is 33.1 Å². The van der Waals surface area contributed by atoms with E-state index in [0.29, 0.717) is 5.57 Å². The minimum Gasteiger partial charge on any atom is -0.478 e. The van der Waals surface area contributed by atoms with Crippen LogP contribution in [0.3, 0.4) is 0 Å². The summed E-state index contributed by atoms with van der Waals surface area (Å²) in [5.41, 5.74) is 0.701. The van der Waals surface area contributed by atoms with Gasteiger partial charge in [0.1, 0.15) is 0 Å². The summed E-state index contributed by atoms with van der Waals surface area (Å²) in [6, 6.07) is 2.01. The third-order valence-corrected chi connectivity index (χ3v) is 1.34. The van der Waals surface area contributed by atoms with E-state index in [0.717, 1.165) is 31.4 Å². The Labute approximate surface area is 107 Å². The average Bonchev–Trinajstić information content (AvgIpc) is 2.37. The molecule has 0 spiro atoms. The van der Waals surface area contributed by atoms with Gasteiger partial charge in [-0.15, -0.1) is 0 Å². The van der Waals surface area contributed by atoms with Crippen LogP contribution in [0.2, 0.25) is 0 Å². The molecule has 2 N–H and O–H groups in total. The van der Waals surface area contributed by atoms with Crippen LogP contribution in [0.1, 0.15) is 26.2 Å². The molecule has 5 nitrogen and oxygen atoms in total. The first-order valence-electron chi connectivity index (χ1n) is 5.14. The number of carboxylic acids is 2. The summed E-state index contributed by atoms with van der Waals surface area (Å²) in [5.74, 6) is -1.96. The fraction of sp³-hybridized carbons (Fsp3) is 0.308. The SMILES string of the molecule is C=C(C#N)CCCC.C=CC(=O)O.C=CC(=O)O. The van der Waals surface area contributed by atoms with Gasteiger partial charge in [0.15, 0.2) is 0 Å². The van der Waals surface area contributed by atoms with Gasteiger partial charge in [0.2, 0.25) is 0 Å². The van der Waals surface area contributed by atoms with Crippen molar-refractivity contribution >= 4 is 11.9 Å². The molecule has 0 bridgehead atoms. The Morgan fingerprint density at radius 3 is 1.72 bits per heavy atom. The molecule has 0 aliphatic carbocycles. The lowest BCUT2D eigenvalue weighted by Gasteiger charge is -1.89.